The molecule has 1 aromatic carbocycles. The topological polar surface area (TPSA) is 34.0 Å². The van der Waals surface area contributed by atoms with Crippen LogP contribution in [0.15, 0.2) is 42.6 Å². The molecule has 0 bridgehead atoms. The Morgan fingerprint density at radius 1 is 1.12 bits per heavy atom. The molecule has 0 unspecified atom stereocenters. The number of carbonyl (C=O) groups is 1. The average molecular weight is 212 g/mol. The molecule has 0 saturated heterocycles. The Labute approximate surface area is 93.7 Å². The summed E-state index contributed by atoms with van der Waals surface area (Å²) in [5.74, 6) is 0.0167. The number of hydrogen-bond acceptors (Lipinski definition) is 1. The van der Waals surface area contributed by atoms with Crippen LogP contribution < -0.4 is 5.32 Å². The number of amides is 1. The van der Waals surface area contributed by atoms with E-state index in [2.05, 4.69) is 9.88 Å². The van der Waals surface area contributed by atoms with Gasteiger partial charge in [0.05, 0.1) is 6.54 Å². The van der Waals surface area contributed by atoms with E-state index >= 15 is 0 Å². The summed E-state index contributed by atoms with van der Waals surface area (Å²) in [6, 6.07) is 11.8. The Kier molecular flexibility index (Phi) is 2.03. The van der Waals surface area contributed by atoms with Crippen LogP contribution >= 0.6 is 0 Å². The minimum atomic E-state index is 0.0167. The van der Waals surface area contributed by atoms with Crippen LogP contribution in [-0.4, -0.2) is 10.5 Å². The summed E-state index contributed by atoms with van der Waals surface area (Å²) in [5.41, 5.74) is 2.99. The SMILES string of the molecule is O=C1NCc2cccn2Cc2ccccc21. The van der Waals surface area contributed by atoms with E-state index in [-0.39, 0.29) is 5.91 Å². The summed E-state index contributed by atoms with van der Waals surface area (Å²) in [7, 11) is 0. The van der Waals surface area contributed by atoms with E-state index in [9.17, 15) is 4.79 Å². The number of carbonyl (C=O) groups excluding carboxylic acids is 1. The van der Waals surface area contributed by atoms with Gasteiger partial charge in [-0.05, 0) is 23.8 Å². The highest BCUT2D eigenvalue weighted by Gasteiger charge is 2.15. The van der Waals surface area contributed by atoms with E-state index in [1.807, 2.05) is 42.6 Å². The predicted molar refractivity (Wildman–Crippen MR) is 61.1 cm³/mol. The summed E-state index contributed by atoms with van der Waals surface area (Å²) in [5, 5.41) is 2.92. The number of fused-ring (bicyclic) bond motifs is 2. The molecule has 2 aromatic rings. The van der Waals surface area contributed by atoms with Gasteiger partial charge in [0, 0.05) is 24.0 Å². The van der Waals surface area contributed by atoms with E-state index in [0.717, 1.165) is 23.4 Å². The van der Waals surface area contributed by atoms with Crippen LogP contribution in [0.2, 0.25) is 0 Å². The highest BCUT2D eigenvalue weighted by atomic mass is 16.1. The molecule has 1 amide bonds. The fourth-order valence-electron chi connectivity index (χ4n) is 2.09. The molecule has 3 rings (SSSR count). The van der Waals surface area contributed by atoms with Crippen molar-refractivity contribution in [1.82, 2.24) is 9.88 Å². The zero-order valence-corrected chi connectivity index (χ0v) is 8.81. The molecular formula is C13H12N2O. The molecule has 16 heavy (non-hydrogen) atoms. The first-order valence-electron chi connectivity index (χ1n) is 5.35. The zero-order valence-electron chi connectivity index (χ0n) is 8.81. The number of rotatable bonds is 0. The second-order valence-electron chi connectivity index (χ2n) is 3.97. The molecule has 3 heteroatoms. The van der Waals surface area contributed by atoms with Crippen molar-refractivity contribution >= 4 is 5.91 Å². The first kappa shape index (κ1) is 9.21. The number of hydrogen-bond donors (Lipinski definition) is 1. The first-order valence-corrected chi connectivity index (χ1v) is 5.35. The van der Waals surface area contributed by atoms with Crippen LogP contribution in [0.25, 0.3) is 0 Å². The monoisotopic (exact) mass is 212 g/mol. The number of aromatic nitrogens is 1. The summed E-state index contributed by atoms with van der Waals surface area (Å²) < 4.78 is 2.16. The molecule has 2 heterocycles. The van der Waals surface area contributed by atoms with Crippen molar-refractivity contribution in [3.8, 4) is 0 Å². The molecule has 1 N–H and O–H groups in total. The Morgan fingerprint density at radius 3 is 2.94 bits per heavy atom. The van der Waals surface area contributed by atoms with Gasteiger partial charge in [0.1, 0.15) is 0 Å². The predicted octanol–water partition coefficient (Wildman–Crippen LogP) is 1.78. The minimum absolute atomic E-state index is 0.0167. The Morgan fingerprint density at radius 2 is 2.00 bits per heavy atom. The van der Waals surface area contributed by atoms with Gasteiger partial charge in [-0.3, -0.25) is 4.79 Å². The number of benzene rings is 1. The first-order chi connectivity index (χ1) is 7.84. The van der Waals surface area contributed by atoms with Gasteiger partial charge in [0.25, 0.3) is 5.91 Å². The molecule has 1 aliphatic rings. The van der Waals surface area contributed by atoms with Crippen molar-refractivity contribution in [3.63, 3.8) is 0 Å². The van der Waals surface area contributed by atoms with E-state index in [0.29, 0.717) is 6.54 Å². The van der Waals surface area contributed by atoms with Crippen molar-refractivity contribution in [2.24, 2.45) is 0 Å². The van der Waals surface area contributed by atoms with Crippen molar-refractivity contribution in [2.75, 3.05) is 0 Å². The Balaban J connectivity index is 2.12. The van der Waals surface area contributed by atoms with Crippen LogP contribution in [0.5, 0.6) is 0 Å². The van der Waals surface area contributed by atoms with Crippen LogP contribution in [0.4, 0.5) is 0 Å². The van der Waals surface area contributed by atoms with Crippen LogP contribution in [0.3, 0.4) is 0 Å². The fourth-order valence-corrected chi connectivity index (χ4v) is 2.09. The van der Waals surface area contributed by atoms with Crippen LogP contribution in [0.1, 0.15) is 21.6 Å². The second-order valence-corrected chi connectivity index (χ2v) is 3.97. The summed E-state index contributed by atoms with van der Waals surface area (Å²) >= 11 is 0. The molecule has 0 fully saturated rings. The number of nitrogens with one attached hydrogen (secondary N) is 1. The van der Waals surface area contributed by atoms with Gasteiger partial charge in [0.2, 0.25) is 0 Å². The van der Waals surface area contributed by atoms with Crippen molar-refractivity contribution < 1.29 is 4.79 Å². The summed E-state index contributed by atoms with van der Waals surface area (Å²) in [6.07, 6.45) is 2.05. The smallest absolute Gasteiger partial charge is 0.251 e. The lowest BCUT2D eigenvalue weighted by atomic mass is 10.1. The third kappa shape index (κ3) is 1.41. The van der Waals surface area contributed by atoms with Crippen molar-refractivity contribution in [3.05, 3.63) is 59.4 Å². The molecule has 0 spiro atoms. The average Bonchev–Trinajstić information content (AvgIpc) is 2.72. The molecule has 3 nitrogen and oxygen atoms in total. The normalized spacial score (nSPS) is 14.4. The standard InChI is InChI=1S/C13H12N2O/c16-13-12-6-2-1-4-10(12)9-15-7-3-5-11(15)8-14-13/h1-7H,8-9H2,(H,14,16). The molecule has 1 aliphatic heterocycles. The van der Waals surface area contributed by atoms with Crippen molar-refractivity contribution in [2.45, 2.75) is 13.1 Å². The maximum Gasteiger partial charge on any atom is 0.251 e. The van der Waals surface area contributed by atoms with E-state index < -0.39 is 0 Å². The van der Waals surface area contributed by atoms with E-state index in [1.54, 1.807) is 0 Å². The molecule has 0 atom stereocenters. The molecular weight excluding hydrogens is 200 g/mol. The number of nitrogens with zero attached hydrogens (tertiary/aromatic N) is 1. The third-order valence-corrected chi connectivity index (χ3v) is 2.96. The van der Waals surface area contributed by atoms with Crippen LogP contribution in [-0.2, 0) is 13.1 Å². The van der Waals surface area contributed by atoms with Gasteiger partial charge in [-0.2, -0.15) is 0 Å². The lowest BCUT2D eigenvalue weighted by molar-refractivity contribution is 0.0947. The minimum Gasteiger partial charge on any atom is -0.346 e. The van der Waals surface area contributed by atoms with Crippen molar-refractivity contribution in [1.29, 1.82) is 0 Å². The van der Waals surface area contributed by atoms with Gasteiger partial charge >= 0.3 is 0 Å². The molecule has 0 aliphatic carbocycles. The quantitative estimate of drug-likeness (QED) is 0.709. The largest absolute Gasteiger partial charge is 0.346 e. The highest BCUT2D eigenvalue weighted by molar-refractivity contribution is 5.95. The summed E-state index contributed by atoms with van der Waals surface area (Å²) in [4.78, 5) is 11.9. The zero-order chi connectivity index (χ0) is 11.0. The maximum absolute atomic E-state index is 11.9. The van der Waals surface area contributed by atoms with E-state index in [4.69, 9.17) is 0 Å². The third-order valence-electron chi connectivity index (χ3n) is 2.96. The lowest BCUT2D eigenvalue weighted by Crippen LogP contribution is -2.28. The molecule has 0 radical (unpaired) electrons. The van der Waals surface area contributed by atoms with Gasteiger partial charge in [-0.1, -0.05) is 18.2 Å². The summed E-state index contributed by atoms with van der Waals surface area (Å²) in [6.45, 7) is 1.37. The molecule has 80 valence electrons. The molecule has 0 saturated carbocycles. The van der Waals surface area contributed by atoms with Crippen LogP contribution in [0, 0.1) is 0 Å². The van der Waals surface area contributed by atoms with Gasteiger partial charge in [0.15, 0.2) is 0 Å². The Hall–Kier alpha value is -2.03. The highest BCUT2D eigenvalue weighted by Crippen LogP contribution is 2.15. The second kappa shape index (κ2) is 3.52. The maximum atomic E-state index is 11.9. The lowest BCUT2D eigenvalue weighted by Gasteiger charge is -2.17. The fraction of sp³-hybridized carbons (Fsp3) is 0.154. The molecule has 1 aromatic heterocycles. The Bertz CT molecular complexity index is 542. The van der Waals surface area contributed by atoms with Gasteiger partial charge < -0.3 is 9.88 Å². The van der Waals surface area contributed by atoms with Gasteiger partial charge in [-0.25, -0.2) is 0 Å². The van der Waals surface area contributed by atoms with E-state index in [1.165, 1.54) is 0 Å². The van der Waals surface area contributed by atoms with Gasteiger partial charge in [-0.15, -0.1) is 0 Å².